The summed E-state index contributed by atoms with van der Waals surface area (Å²) < 4.78 is 38.9. The lowest BCUT2D eigenvalue weighted by molar-refractivity contribution is -0.137. The third kappa shape index (κ3) is 8.40. The van der Waals surface area contributed by atoms with E-state index < -0.39 is 33.3 Å². The molecule has 15 heteroatoms. The number of nitrogens with one attached hydrogen (secondary N) is 1. The lowest BCUT2D eigenvalue weighted by Crippen LogP contribution is -2.43. The van der Waals surface area contributed by atoms with E-state index in [9.17, 15) is 22.8 Å². The van der Waals surface area contributed by atoms with Crippen LogP contribution in [0.1, 0.15) is 95.2 Å². The van der Waals surface area contributed by atoms with E-state index in [1.807, 2.05) is 36.6 Å². The summed E-state index contributed by atoms with van der Waals surface area (Å²) >= 11 is 1.46. The summed E-state index contributed by atoms with van der Waals surface area (Å²) in [5, 5.41) is 3.09. The average molecular weight is 763 g/mol. The second kappa shape index (κ2) is 15.2. The third-order valence-electron chi connectivity index (χ3n) is 10.2. The highest BCUT2D eigenvalue weighted by molar-refractivity contribution is 7.90. The number of nitrogens with two attached hydrogens (primary N) is 1. The van der Waals surface area contributed by atoms with Gasteiger partial charge >= 0.3 is 0 Å². The van der Waals surface area contributed by atoms with Crippen molar-refractivity contribution in [3.63, 3.8) is 0 Å². The van der Waals surface area contributed by atoms with E-state index >= 15 is 0 Å². The Morgan fingerprint density at radius 2 is 1.91 bits per heavy atom. The summed E-state index contributed by atoms with van der Waals surface area (Å²) in [5.41, 5.74) is 9.43. The monoisotopic (exact) mass is 762 g/mol. The number of ether oxygens (including phenoxy) is 1. The van der Waals surface area contributed by atoms with Crippen molar-refractivity contribution in [1.29, 1.82) is 0 Å². The number of aromatic nitrogens is 3. The molecule has 53 heavy (non-hydrogen) atoms. The number of carbonyl (C=O) groups excluding carboxylic acids is 3. The van der Waals surface area contributed by atoms with Crippen LogP contribution in [0, 0.1) is 18.8 Å². The fraction of sp³-hybridized carbons (Fsp3) is 0.526. The number of unbranched alkanes of at least 4 members (excludes halogenated alkanes) is 4. The van der Waals surface area contributed by atoms with Crippen LogP contribution in [0.25, 0.3) is 32.9 Å². The van der Waals surface area contributed by atoms with Gasteiger partial charge in [-0.25, -0.2) is 18.4 Å². The average Bonchev–Trinajstić information content (AvgIpc) is 3.98. The van der Waals surface area contributed by atoms with E-state index in [0.29, 0.717) is 59.6 Å². The summed E-state index contributed by atoms with van der Waals surface area (Å²) in [6.07, 6.45) is 10.2. The smallest absolute Gasteiger partial charge is 0.262 e. The van der Waals surface area contributed by atoms with Crippen molar-refractivity contribution in [2.75, 3.05) is 6.54 Å². The van der Waals surface area contributed by atoms with Gasteiger partial charge in [0.05, 0.1) is 17.5 Å². The molecule has 4 heterocycles. The van der Waals surface area contributed by atoms with Gasteiger partial charge in [-0.3, -0.25) is 19.1 Å². The van der Waals surface area contributed by atoms with Crippen molar-refractivity contribution in [2.45, 2.75) is 108 Å². The molecule has 7 rings (SSSR count). The SMILES string of the molecule is Cc1ccc2c(c1)oc1c(O[C@@H]3C[C@@H](C(N)=O)N(C(=O)CCCCCC/C=C\[C@@H]4C[C@@H]4C(=O)NS(=O)(=O)C4CC4)C3)nc(-c3nc(C(C)C)cs3)nc12. The fourth-order valence-electron chi connectivity index (χ4n) is 6.85. The summed E-state index contributed by atoms with van der Waals surface area (Å²) in [6, 6.07) is 5.11. The summed E-state index contributed by atoms with van der Waals surface area (Å²) in [5.74, 6) is -0.375. The highest BCUT2D eigenvalue weighted by atomic mass is 32.2. The van der Waals surface area contributed by atoms with E-state index in [1.165, 1.54) is 16.2 Å². The van der Waals surface area contributed by atoms with Gasteiger partial charge in [0.2, 0.25) is 33.3 Å². The maximum Gasteiger partial charge on any atom is 0.262 e. The van der Waals surface area contributed by atoms with Crippen LogP contribution >= 0.6 is 11.3 Å². The van der Waals surface area contributed by atoms with E-state index in [-0.39, 0.29) is 48.4 Å². The van der Waals surface area contributed by atoms with E-state index in [1.54, 1.807) is 0 Å². The predicted octanol–water partition coefficient (Wildman–Crippen LogP) is 5.91. The van der Waals surface area contributed by atoms with Gasteiger partial charge in [0.1, 0.15) is 23.2 Å². The first kappa shape index (κ1) is 37.0. The molecule has 1 aliphatic heterocycles. The lowest BCUT2D eigenvalue weighted by atomic mass is 10.1. The Morgan fingerprint density at radius 1 is 1.11 bits per heavy atom. The molecule has 0 bridgehead atoms. The van der Waals surface area contributed by atoms with Crippen LogP contribution < -0.4 is 15.2 Å². The second-order valence-electron chi connectivity index (χ2n) is 14.9. The van der Waals surface area contributed by atoms with Gasteiger partial charge in [0.25, 0.3) is 5.88 Å². The number of nitrogens with zero attached hydrogens (tertiary/aromatic N) is 4. The summed E-state index contributed by atoms with van der Waals surface area (Å²) in [6.45, 7) is 6.34. The van der Waals surface area contributed by atoms with E-state index in [0.717, 1.165) is 42.3 Å². The summed E-state index contributed by atoms with van der Waals surface area (Å²) in [4.78, 5) is 54.0. The Bertz CT molecular complexity index is 2170. The minimum absolute atomic E-state index is 0.0924. The molecule has 2 saturated carbocycles. The van der Waals surface area contributed by atoms with Crippen molar-refractivity contribution >= 4 is 61.2 Å². The standard InChI is InChI=1S/C38H46N6O7S2/c1-21(2)28-20-52-38(40-28)35-41-32-26-15-12-22(3)16-30(26)51-33(32)37(42-35)50-24-18-29(34(39)46)44(19-24)31(45)11-9-7-5-4-6-8-10-23-17-27(23)36(47)43-53(48,49)25-13-14-25/h8,10,12,15-16,20-21,23-25,27,29H,4-7,9,11,13-14,17-19H2,1-3H3,(H2,39,46)(H,43,47)/b10-8-/t23-,24-,27+,29+/m1/s1. The normalized spacial score (nSPS) is 21.6. The van der Waals surface area contributed by atoms with E-state index in [4.69, 9.17) is 29.8 Å². The molecule has 0 unspecified atom stereocenters. The maximum atomic E-state index is 13.4. The fourth-order valence-corrected chi connectivity index (χ4v) is 9.12. The molecular weight excluding hydrogens is 717 g/mol. The van der Waals surface area contributed by atoms with Crippen LogP contribution in [0.5, 0.6) is 5.88 Å². The van der Waals surface area contributed by atoms with Gasteiger partial charge in [-0.05, 0) is 75.0 Å². The quantitative estimate of drug-likeness (QED) is 0.103. The van der Waals surface area contributed by atoms with Gasteiger partial charge in [0.15, 0.2) is 10.8 Å². The molecule has 3 amide bonds. The Kier molecular flexibility index (Phi) is 10.6. The first-order valence-electron chi connectivity index (χ1n) is 18.5. The molecule has 3 aromatic heterocycles. The lowest BCUT2D eigenvalue weighted by Gasteiger charge is -2.21. The van der Waals surface area contributed by atoms with Crippen LogP contribution in [0.4, 0.5) is 0 Å². The number of fused-ring (bicyclic) bond motifs is 3. The Labute approximate surface area is 312 Å². The highest BCUT2D eigenvalue weighted by Crippen LogP contribution is 2.41. The zero-order valence-electron chi connectivity index (χ0n) is 30.2. The molecule has 3 fully saturated rings. The summed E-state index contributed by atoms with van der Waals surface area (Å²) in [7, 11) is -3.50. The number of amides is 3. The molecule has 1 saturated heterocycles. The van der Waals surface area contributed by atoms with Gasteiger partial charge < -0.3 is 19.8 Å². The molecule has 0 spiro atoms. The number of carbonyl (C=O) groups is 3. The van der Waals surface area contributed by atoms with Crippen molar-refractivity contribution in [3.05, 3.63) is 47.0 Å². The molecule has 2 aliphatic carbocycles. The number of thiazole rings is 1. The van der Waals surface area contributed by atoms with Crippen molar-refractivity contribution < 1.29 is 32.0 Å². The van der Waals surface area contributed by atoms with Gasteiger partial charge in [-0.15, -0.1) is 11.3 Å². The molecule has 3 aliphatic rings. The number of likely N-dealkylation sites (tertiary alicyclic amines) is 1. The number of hydrogen-bond acceptors (Lipinski definition) is 11. The second-order valence-corrected chi connectivity index (χ2v) is 17.7. The number of sulfonamides is 1. The Morgan fingerprint density at radius 3 is 2.64 bits per heavy atom. The maximum absolute atomic E-state index is 13.4. The minimum Gasteiger partial charge on any atom is -0.470 e. The van der Waals surface area contributed by atoms with Crippen LogP contribution in [-0.2, 0) is 24.4 Å². The number of benzene rings is 1. The Hall–Kier alpha value is -4.37. The first-order valence-corrected chi connectivity index (χ1v) is 20.9. The van der Waals surface area contributed by atoms with Gasteiger partial charge in [0, 0.05) is 29.5 Å². The largest absolute Gasteiger partial charge is 0.470 e. The van der Waals surface area contributed by atoms with E-state index in [2.05, 4.69) is 24.6 Å². The number of hydrogen-bond donors (Lipinski definition) is 2. The molecule has 4 atom stereocenters. The molecule has 0 radical (unpaired) electrons. The van der Waals surface area contributed by atoms with Gasteiger partial charge in [-0.1, -0.05) is 44.9 Å². The molecule has 3 N–H and O–H groups in total. The molecular formula is C38H46N6O7S2. The molecule has 1 aromatic carbocycles. The number of furan rings is 1. The number of aryl methyl sites for hydroxylation is 1. The highest BCUT2D eigenvalue weighted by Gasteiger charge is 2.45. The minimum atomic E-state index is -3.50. The van der Waals surface area contributed by atoms with Crippen LogP contribution in [0.2, 0.25) is 0 Å². The zero-order valence-corrected chi connectivity index (χ0v) is 31.9. The zero-order chi connectivity index (χ0) is 37.4. The van der Waals surface area contributed by atoms with Crippen molar-refractivity contribution in [3.8, 4) is 16.7 Å². The van der Waals surface area contributed by atoms with Crippen molar-refractivity contribution in [2.24, 2.45) is 17.6 Å². The first-order chi connectivity index (χ1) is 25.4. The molecule has 282 valence electrons. The predicted molar refractivity (Wildman–Crippen MR) is 201 cm³/mol. The van der Waals surface area contributed by atoms with Gasteiger partial charge in [-0.2, -0.15) is 4.98 Å². The number of rotatable bonds is 16. The van der Waals surface area contributed by atoms with Crippen LogP contribution in [0.3, 0.4) is 0 Å². The van der Waals surface area contributed by atoms with Crippen LogP contribution in [-0.4, -0.2) is 69.9 Å². The number of allylic oxidation sites excluding steroid dienone is 2. The molecule has 13 nitrogen and oxygen atoms in total. The van der Waals surface area contributed by atoms with Crippen molar-refractivity contribution in [1.82, 2.24) is 24.6 Å². The third-order valence-corrected chi connectivity index (χ3v) is 12.9. The molecule has 4 aromatic rings. The topological polar surface area (TPSA) is 188 Å². The Balaban J connectivity index is 0.924. The number of primary amides is 1. The van der Waals surface area contributed by atoms with Crippen LogP contribution in [0.15, 0.2) is 40.1 Å².